The second kappa shape index (κ2) is 10.9. The standard InChI is InChI=1S/C22H27N5O2S/c1-17(2)18-7-9-20(10-8-18)27-16-24-25-22(27)30-15-21(28)26(12-13-29-3)14-19-6-4-5-11-23-19/h4-11,16-17H,12-15H2,1-3H3. The summed E-state index contributed by atoms with van der Waals surface area (Å²) in [6, 6.07) is 14.0. The van der Waals surface area contributed by atoms with Crippen LogP contribution in [0.25, 0.3) is 5.69 Å². The van der Waals surface area contributed by atoms with Crippen LogP contribution in [-0.2, 0) is 16.1 Å². The van der Waals surface area contributed by atoms with E-state index in [0.717, 1.165) is 11.4 Å². The molecule has 0 aliphatic heterocycles. The van der Waals surface area contributed by atoms with Crippen LogP contribution in [-0.4, -0.2) is 56.6 Å². The Hall–Kier alpha value is -2.71. The van der Waals surface area contributed by atoms with Crippen LogP contribution >= 0.6 is 11.8 Å². The second-order valence-electron chi connectivity index (χ2n) is 7.15. The van der Waals surface area contributed by atoms with E-state index in [9.17, 15) is 4.79 Å². The first-order valence-corrected chi connectivity index (χ1v) is 10.9. The first-order valence-electron chi connectivity index (χ1n) is 9.88. The Balaban J connectivity index is 1.66. The van der Waals surface area contributed by atoms with Crippen molar-refractivity contribution in [2.75, 3.05) is 26.0 Å². The number of amides is 1. The highest BCUT2D eigenvalue weighted by atomic mass is 32.2. The fourth-order valence-electron chi connectivity index (χ4n) is 2.92. The van der Waals surface area contributed by atoms with E-state index in [1.54, 1.807) is 24.5 Å². The van der Waals surface area contributed by atoms with Gasteiger partial charge in [-0.2, -0.15) is 0 Å². The molecular formula is C22H27N5O2S. The van der Waals surface area contributed by atoms with Crippen LogP contribution in [0.4, 0.5) is 0 Å². The van der Waals surface area contributed by atoms with Gasteiger partial charge in [-0.1, -0.05) is 43.8 Å². The lowest BCUT2D eigenvalue weighted by Crippen LogP contribution is -2.35. The van der Waals surface area contributed by atoms with Gasteiger partial charge < -0.3 is 9.64 Å². The van der Waals surface area contributed by atoms with Crippen LogP contribution in [0.2, 0.25) is 0 Å². The van der Waals surface area contributed by atoms with Crippen molar-refractivity contribution < 1.29 is 9.53 Å². The minimum Gasteiger partial charge on any atom is -0.383 e. The summed E-state index contributed by atoms with van der Waals surface area (Å²) in [5.74, 6) is 0.746. The van der Waals surface area contributed by atoms with Gasteiger partial charge in [0.25, 0.3) is 0 Å². The Bertz CT molecular complexity index is 928. The smallest absolute Gasteiger partial charge is 0.233 e. The average molecular weight is 426 g/mol. The minimum absolute atomic E-state index is 0.00686. The lowest BCUT2D eigenvalue weighted by molar-refractivity contribution is -0.129. The normalized spacial score (nSPS) is 11.1. The SMILES string of the molecule is COCCN(Cc1ccccn1)C(=O)CSc1nncn1-c1ccc(C(C)C)cc1. The quantitative estimate of drug-likeness (QED) is 0.463. The van der Waals surface area contributed by atoms with Crippen LogP contribution in [0.15, 0.2) is 60.1 Å². The highest BCUT2D eigenvalue weighted by molar-refractivity contribution is 7.99. The number of ether oxygens (including phenoxy) is 1. The first-order chi connectivity index (χ1) is 14.6. The third-order valence-corrected chi connectivity index (χ3v) is 5.60. The molecule has 0 fully saturated rings. The van der Waals surface area contributed by atoms with E-state index in [1.165, 1.54) is 17.3 Å². The number of benzene rings is 1. The predicted octanol–water partition coefficient (Wildman–Crippen LogP) is 3.55. The maximum atomic E-state index is 12.9. The van der Waals surface area contributed by atoms with Crippen LogP contribution in [0.3, 0.4) is 0 Å². The molecule has 0 aliphatic carbocycles. The Labute approximate surface area is 181 Å². The van der Waals surface area contributed by atoms with Crippen molar-refractivity contribution in [1.29, 1.82) is 0 Å². The van der Waals surface area contributed by atoms with Gasteiger partial charge in [-0.15, -0.1) is 10.2 Å². The molecule has 0 saturated heterocycles. The first kappa shape index (κ1) is 22.0. The van der Waals surface area contributed by atoms with E-state index >= 15 is 0 Å². The number of pyridine rings is 1. The monoisotopic (exact) mass is 425 g/mol. The number of thioether (sulfide) groups is 1. The van der Waals surface area contributed by atoms with Crippen LogP contribution in [0, 0.1) is 0 Å². The molecule has 1 amide bonds. The number of carbonyl (C=O) groups excluding carboxylic acids is 1. The number of carbonyl (C=O) groups is 1. The van der Waals surface area contributed by atoms with E-state index < -0.39 is 0 Å². The summed E-state index contributed by atoms with van der Waals surface area (Å²) in [4.78, 5) is 19.0. The molecule has 0 aliphatic rings. The van der Waals surface area contributed by atoms with Crippen LogP contribution in [0.5, 0.6) is 0 Å². The maximum absolute atomic E-state index is 12.9. The summed E-state index contributed by atoms with van der Waals surface area (Å²) in [6.45, 7) is 5.77. The van der Waals surface area contributed by atoms with E-state index in [1.807, 2.05) is 22.8 Å². The zero-order valence-corrected chi connectivity index (χ0v) is 18.4. The number of methoxy groups -OCH3 is 1. The van der Waals surface area contributed by atoms with Gasteiger partial charge in [0.15, 0.2) is 5.16 Å². The van der Waals surface area contributed by atoms with Gasteiger partial charge in [0.2, 0.25) is 5.91 Å². The van der Waals surface area contributed by atoms with Gasteiger partial charge in [-0.05, 0) is 35.7 Å². The van der Waals surface area contributed by atoms with Crippen LogP contribution < -0.4 is 0 Å². The lowest BCUT2D eigenvalue weighted by Gasteiger charge is -2.22. The second-order valence-corrected chi connectivity index (χ2v) is 8.09. The highest BCUT2D eigenvalue weighted by Gasteiger charge is 2.17. The summed E-state index contributed by atoms with van der Waals surface area (Å²) in [5.41, 5.74) is 3.10. The van der Waals surface area contributed by atoms with E-state index in [4.69, 9.17) is 4.74 Å². The van der Waals surface area contributed by atoms with E-state index in [2.05, 4.69) is 53.3 Å². The average Bonchev–Trinajstić information content (AvgIpc) is 3.24. The Morgan fingerprint density at radius 1 is 1.20 bits per heavy atom. The molecule has 0 saturated carbocycles. The number of hydrogen-bond donors (Lipinski definition) is 0. The molecule has 158 valence electrons. The zero-order valence-electron chi connectivity index (χ0n) is 17.6. The van der Waals surface area contributed by atoms with Crippen molar-refractivity contribution >= 4 is 17.7 Å². The molecule has 0 bridgehead atoms. The fraction of sp³-hybridized carbons (Fsp3) is 0.364. The number of rotatable bonds is 10. The van der Waals surface area contributed by atoms with Crippen molar-refractivity contribution in [2.24, 2.45) is 0 Å². The molecule has 2 aromatic heterocycles. The van der Waals surface area contributed by atoms with Crippen molar-refractivity contribution in [2.45, 2.75) is 31.5 Å². The molecule has 1 aromatic carbocycles. The van der Waals surface area contributed by atoms with Gasteiger partial charge in [0, 0.05) is 25.5 Å². The van der Waals surface area contributed by atoms with Crippen molar-refractivity contribution in [3.8, 4) is 5.69 Å². The maximum Gasteiger partial charge on any atom is 0.233 e. The number of aromatic nitrogens is 4. The molecule has 0 radical (unpaired) electrons. The summed E-state index contributed by atoms with van der Waals surface area (Å²) >= 11 is 1.38. The summed E-state index contributed by atoms with van der Waals surface area (Å²) in [6.07, 6.45) is 3.41. The Morgan fingerprint density at radius 3 is 2.67 bits per heavy atom. The van der Waals surface area contributed by atoms with Crippen molar-refractivity contribution in [3.05, 3.63) is 66.2 Å². The van der Waals surface area contributed by atoms with Gasteiger partial charge in [0.05, 0.1) is 24.6 Å². The van der Waals surface area contributed by atoms with Gasteiger partial charge in [-0.3, -0.25) is 14.3 Å². The molecule has 0 N–H and O–H groups in total. The molecule has 3 aromatic rings. The predicted molar refractivity (Wildman–Crippen MR) is 118 cm³/mol. The van der Waals surface area contributed by atoms with Gasteiger partial charge >= 0.3 is 0 Å². The molecular weight excluding hydrogens is 398 g/mol. The number of nitrogens with zero attached hydrogens (tertiary/aromatic N) is 5. The molecule has 0 atom stereocenters. The molecule has 2 heterocycles. The Kier molecular flexibility index (Phi) is 7.98. The van der Waals surface area contributed by atoms with Crippen LogP contribution in [0.1, 0.15) is 31.0 Å². The molecule has 30 heavy (non-hydrogen) atoms. The molecule has 0 spiro atoms. The van der Waals surface area contributed by atoms with Crippen molar-refractivity contribution in [3.63, 3.8) is 0 Å². The minimum atomic E-state index is 0.00686. The summed E-state index contributed by atoms with van der Waals surface area (Å²) in [5, 5.41) is 8.91. The molecule has 3 rings (SSSR count). The topological polar surface area (TPSA) is 73.1 Å². The zero-order chi connectivity index (χ0) is 21.3. The van der Waals surface area contributed by atoms with E-state index in [0.29, 0.717) is 30.8 Å². The molecule has 8 heteroatoms. The van der Waals surface area contributed by atoms with Gasteiger partial charge in [-0.25, -0.2) is 0 Å². The Morgan fingerprint density at radius 2 is 2.00 bits per heavy atom. The third kappa shape index (κ3) is 5.90. The lowest BCUT2D eigenvalue weighted by atomic mass is 10.0. The third-order valence-electron chi connectivity index (χ3n) is 4.68. The summed E-state index contributed by atoms with van der Waals surface area (Å²) in [7, 11) is 1.63. The fourth-order valence-corrected chi connectivity index (χ4v) is 3.75. The highest BCUT2D eigenvalue weighted by Crippen LogP contribution is 2.22. The van der Waals surface area contributed by atoms with Gasteiger partial charge in [0.1, 0.15) is 6.33 Å². The molecule has 7 nitrogen and oxygen atoms in total. The largest absolute Gasteiger partial charge is 0.383 e. The molecule has 0 unspecified atom stereocenters. The van der Waals surface area contributed by atoms with Crippen molar-refractivity contribution in [1.82, 2.24) is 24.6 Å². The summed E-state index contributed by atoms with van der Waals surface area (Å²) < 4.78 is 7.07. The number of hydrogen-bond acceptors (Lipinski definition) is 6. The van der Waals surface area contributed by atoms with E-state index in [-0.39, 0.29) is 11.7 Å².